The van der Waals surface area contributed by atoms with Gasteiger partial charge in [-0.15, -0.1) is 0 Å². The number of rotatable bonds is 5. The molecule has 0 saturated heterocycles. The van der Waals surface area contributed by atoms with E-state index in [4.69, 9.17) is 0 Å². The summed E-state index contributed by atoms with van der Waals surface area (Å²) in [6.07, 6.45) is 1.74. The van der Waals surface area contributed by atoms with Crippen molar-refractivity contribution in [2.75, 3.05) is 0 Å². The molecule has 0 radical (unpaired) electrons. The van der Waals surface area contributed by atoms with Crippen molar-refractivity contribution in [2.24, 2.45) is 0 Å². The lowest BCUT2D eigenvalue weighted by Gasteiger charge is -2.14. The SMILES string of the molecule is Cc1ccc(-c2cn3nc(C(=O)NC(C)c4ccc(F)cc4)c(C(C)C)c3c(=O)[nH]2)cc1C. The van der Waals surface area contributed by atoms with E-state index in [1.807, 2.05) is 52.8 Å². The molecule has 0 aliphatic heterocycles. The largest absolute Gasteiger partial charge is 0.344 e. The van der Waals surface area contributed by atoms with Crippen LogP contribution in [0.25, 0.3) is 16.8 Å². The summed E-state index contributed by atoms with van der Waals surface area (Å²) in [4.78, 5) is 29.2. The molecule has 0 aliphatic carbocycles. The molecule has 0 fully saturated rings. The summed E-state index contributed by atoms with van der Waals surface area (Å²) in [6.45, 7) is 9.72. The number of nitrogens with zero attached hydrogens (tertiary/aromatic N) is 2. The van der Waals surface area contributed by atoms with Gasteiger partial charge in [0, 0.05) is 5.56 Å². The van der Waals surface area contributed by atoms with Crippen LogP contribution in [0.15, 0.2) is 53.5 Å². The van der Waals surface area contributed by atoms with Gasteiger partial charge >= 0.3 is 0 Å². The minimum Gasteiger partial charge on any atom is -0.344 e. The van der Waals surface area contributed by atoms with Gasteiger partial charge in [0.1, 0.15) is 11.3 Å². The van der Waals surface area contributed by atoms with Crippen LogP contribution in [-0.2, 0) is 0 Å². The molecule has 0 aliphatic rings. The zero-order chi connectivity index (χ0) is 23.9. The van der Waals surface area contributed by atoms with Crippen LogP contribution < -0.4 is 10.9 Å². The van der Waals surface area contributed by atoms with Crippen LogP contribution in [0.2, 0.25) is 0 Å². The average Bonchev–Trinajstić information content (AvgIpc) is 3.17. The molecular weight excluding hydrogens is 419 g/mol. The third-order valence-corrected chi connectivity index (χ3v) is 5.99. The Morgan fingerprint density at radius 3 is 2.39 bits per heavy atom. The number of nitrogens with one attached hydrogen (secondary N) is 2. The predicted molar refractivity (Wildman–Crippen MR) is 127 cm³/mol. The number of H-pyrrole nitrogens is 1. The molecule has 7 heteroatoms. The standard InChI is InChI=1S/C26H27FN4O2/c1-14(2)22-23(25(32)28-17(5)18-8-10-20(27)11-9-18)30-31-13-21(29-26(33)24(22)31)19-7-6-15(3)16(4)12-19/h6-14,17H,1-5H3,(H,28,32)(H,29,33). The highest BCUT2D eigenvalue weighted by Crippen LogP contribution is 2.26. The summed E-state index contributed by atoms with van der Waals surface area (Å²) in [5, 5.41) is 7.42. The number of aryl methyl sites for hydroxylation is 2. The van der Waals surface area contributed by atoms with Crippen molar-refractivity contribution in [3.63, 3.8) is 0 Å². The van der Waals surface area contributed by atoms with Gasteiger partial charge in [-0.25, -0.2) is 8.91 Å². The van der Waals surface area contributed by atoms with Crippen LogP contribution in [0.4, 0.5) is 4.39 Å². The third kappa shape index (κ3) is 4.31. The Hall–Kier alpha value is -3.74. The molecular formula is C26H27FN4O2. The van der Waals surface area contributed by atoms with Crippen LogP contribution in [0, 0.1) is 19.7 Å². The maximum atomic E-state index is 13.2. The van der Waals surface area contributed by atoms with Crippen molar-refractivity contribution in [2.45, 2.75) is 46.6 Å². The quantitative estimate of drug-likeness (QED) is 0.450. The van der Waals surface area contributed by atoms with Gasteiger partial charge in [0.2, 0.25) is 0 Å². The fraction of sp³-hybridized carbons (Fsp3) is 0.269. The van der Waals surface area contributed by atoms with Crippen LogP contribution in [0.5, 0.6) is 0 Å². The highest BCUT2D eigenvalue weighted by atomic mass is 19.1. The summed E-state index contributed by atoms with van der Waals surface area (Å²) in [5.41, 5.74) is 5.41. The number of halogens is 1. The van der Waals surface area contributed by atoms with E-state index in [0.717, 1.165) is 22.3 Å². The fourth-order valence-corrected chi connectivity index (χ4v) is 3.97. The lowest BCUT2D eigenvalue weighted by Crippen LogP contribution is -2.28. The molecule has 1 amide bonds. The fourth-order valence-electron chi connectivity index (χ4n) is 3.97. The first-order valence-corrected chi connectivity index (χ1v) is 10.9. The molecule has 2 heterocycles. The van der Waals surface area contributed by atoms with Crippen molar-refractivity contribution >= 4 is 11.4 Å². The average molecular weight is 447 g/mol. The summed E-state index contributed by atoms with van der Waals surface area (Å²) >= 11 is 0. The minimum absolute atomic E-state index is 0.0991. The molecule has 4 rings (SSSR count). The molecule has 1 unspecified atom stereocenters. The smallest absolute Gasteiger partial charge is 0.274 e. The van der Waals surface area contributed by atoms with Crippen LogP contribution in [-0.4, -0.2) is 20.5 Å². The summed E-state index contributed by atoms with van der Waals surface area (Å²) in [6, 6.07) is 11.6. The number of benzene rings is 2. The zero-order valence-corrected chi connectivity index (χ0v) is 19.4. The van der Waals surface area contributed by atoms with Gasteiger partial charge < -0.3 is 10.3 Å². The summed E-state index contributed by atoms with van der Waals surface area (Å²) in [5.74, 6) is -0.817. The molecule has 2 aromatic heterocycles. The molecule has 0 bridgehead atoms. The maximum Gasteiger partial charge on any atom is 0.274 e. The van der Waals surface area contributed by atoms with E-state index in [2.05, 4.69) is 15.4 Å². The number of fused-ring (bicyclic) bond motifs is 1. The van der Waals surface area contributed by atoms with Crippen molar-refractivity contribution in [3.05, 3.63) is 92.8 Å². The van der Waals surface area contributed by atoms with Gasteiger partial charge in [-0.3, -0.25) is 9.59 Å². The van der Waals surface area contributed by atoms with Gasteiger partial charge in [0.05, 0.1) is 17.9 Å². The molecule has 6 nitrogen and oxygen atoms in total. The zero-order valence-electron chi connectivity index (χ0n) is 19.4. The van der Waals surface area contributed by atoms with E-state index in [9.17, 15) is 14.0 Å². The lowest BCUT2D eigenvalue weighted by molar-refractivity contribution is 0.0933. The second-order valence-electron chi connectivity index (χ2n) is 8.75. The normalized spacial score (nSPS) is 12.3. The van der Waals surface area contributed by atoms with E-state index in [0.29, 0.717) is 16.8 Å². The molecule has 0 saturated carbocycles. The Morgan fingerprint density at radius 2 is 1.76 bits per heavy atom. The van der Waals surface area contributed by atoms with Gasteiger partial charge in [-0.2, -0.15) is 5.10 Å². The first-order chi connectivity index (χ1) is 15.7. The Balaban J connectivity index is 1.76. The molecule has 0 spiro atoms. The number of aromatic amines is 1. The van der Waals surface area contributed by atoms with E-state index < -0.39 is 0 Å². The highest BCUT2D eigenvalue weighted by molar-refractivity contribution is 5.96. The van der Waals surface area contributed by atoms with E-state index in [-0.39, 0.29) is 34.9 Å². The van der Waals surface area contributed by atoms with Crippen molar-refractivity contribution < 1.29 is 9.18 Å². The summed E-state index contributed by atoms with van der Waals surface area (Å²) < 4.78 is 14.7. The Kier molecular flexibility index (Phi) is 5.89. The number of amides is 1. The van der Waals surface area contributed by atoms with Crippen molar-refractivity contribution in [3.8, 4) is 11.3 Å². The molecule has 4 aromatic rings. The number of aromatic nitrogens is 3. The molecule has 33 heavy (non-hydrogen) atoms. The van der Waals surface area contributed by atoms with Crippen LogP contribution in [0.1, 0.15) is 65.5 Å². The number of carbonyl (C=O) groups excluding carboxylic acids is 1. The summed E-state index contributed by atoms with van der Waals surface area (Å²) in [7, 11) is 0. The highest BCUT2D eigenvalue weighted by Gasteiger charge is 2.25. The first-order valence-electron chi connectivity index (χ1n) is 10.9. The second-order valence-corrected chi connectivity index (χ2v) is 8.75. The van der Waals surface area contributed by atoms with Crippen LogP contribution >= 0.6 is 0 Å². The second kappa shape index (κ2) is 8.65. The van der Waals surface area contributed by atoms with Gasteiger partial charge in [-0.1, -0.05) is 38.1 Å². The van der Waals surface area contributed by atoms with E-state index >= 15 is 0 Å². The maximum absolute atomic E-state index is 13.2. The number of hydrogen-bond donors (Lipinski definition) is 2. The molecule has 2 N–H and O–H groups in total. The first kappa shape index (κ1) is 22.5. The molecule has 1 atom stereocenters. The Bertz CT molecular complexity index is 1400. The van der Waals surface area contributed by atoms with Gasteiger partial charge in [0.25, 0.3) is 11.5 Å². The van der Waals surface area contributed by atoms with Crippen molar-refractivity contribution in [1.29, 1.82) is 0 Å². The van der Waals surface area contributed by atoms with Crippen LogP contribution in [0.3, 0.4) is 0 Å². The lowest BCUT2D eigenvalue weighted by atomic mass is 10.0. The number of hydrogen-bond acceptors (Lipinski definition) is 3. The van der Waals surface area contributed by atoms with Gasteiger partial charge in [-0.05, 0) is 67.1 Å². The topological polar surface area (TPSA) is 79.3 Å². The van der Waals surface area contributed by atoms with Gasteiger partial charge in [0.15, 0.2) is 5.69 Å². The third-order valence-electron chi connectivity index (χ3n) is 5.99. The van der Waals surface area contributed by atoms with E-state index in [1.165, 1.54) is 16.6 Å². The van der Waals surface area contributed by atoms with E-state index in [1.54, 1.807) is 18.3 Å². The van der Waals surface area contributed by atoms with Crippen molar-refractivity contribution in [1.82, 2.24) is 19.9 Å². The Morgan fingerprint density at radius 1 is 1.06 bits per heavy atom. The predicted octanol–water partition coefficient (Wildman–Crippen LogP) is 5.06. The monoisotopic (exact) mass is 446 g/mol. The molecule has 170 valence electrons. The number of carbonyl (C=O) groups is 1. The Labute approximate surface area is 191 Å². The minimum atomic E-state index is -0.383. The molecule has 2 aromatic carbocycles.